The minimum absolute atomic E-state index is 0.0496. The molecule has 4 amide bonds. The summed E-state index contributed by atoms with van der Waals surface area (Å²) in [7, 11) is 0. The molecule has 3 aliphatic heterocycles. The van der Waals surface area contributed by atoms with Crippen LogP contribution >= 0.6 is 0 Å². The normalized spacial score (nSPS) is 26.1. The molecule has 2 saturated carbocycles. The fraction of sp³-hybridized carbons (Fsp3) is 0.535. The number of aromatic nitrogens is 2. The highest BCUT2D eigenvalue weighted by Crippen LogP contribution is 2.35. The van der Waals surface area contributed by atoms with Gasteiger partial charge in [-0.25, -0.2) is 23.5 Å². The molecule has 1 aromatic heterocycles. The number of nitrogens with zero attached hydrogens (tertiary/aromatic N) is 4. The predicted molar refractivity (Wildman–Crippen MR) is 214 cm³/mol. The summed E-state index contributed by atoms with van der Waals surface area (Å²) >= 11 is 0. The summed E-state index contributed by atoms with van der Waals surface area (Å²) in [5.41, 5.74) is 2.56. The van der Waals surface area contributed by atoms with Gasteiger partial charge in [0.15, 0.2) is 5.82 Å². The van der Waals surface area contributed by atoms with Crippen LogP contribution in [0, 0.1) is 17.6 Å². The van der Waals surface area contributed by atoms with Crippen molar-refractivity contribution >= 4 is 41.1 Å². The molecule has 2 aliphatic carbocycles. The molecule has 0 spiro atoms. The number of anilines is 3. The van der Waals surface area contributed by atoms with E-state index in [4.69, 9.17) is 4.74 Å². The average molecular weight is 799 g/mol. The van der Waals surface area contributed by atoms with Crippen molar-refractivity contribution < 1.29 is 32.7 Å². The van der Waals surface area contributed by atoms with Gasteiger partial charge in [-0.2, -0.15) is 0 Å². The second kappa shape index (κ2) is 17.8. The number of rotatable bonds is 10. The lowest BCUT2D eigenvalue weighted by molar-refractivity contribution is -0.133. The molecule has 4 heterocycles. The minimum Gasteiger partial charge on any atom is -0.449 e. The van der Waals surface area contributed by atoms with Crippen LogP contribution in [-0.2, 0) is 19.1 Å². The molecule has 3 aromatic rings. The first-order chi connectivity index (χ1) is 28.2. The first-order valence-corrected chi connectivity index (χ1v) is 20.9. The number of carbonyl (C=O) groups is 4. The summed E-state index contributed by atoms with van der Waals surface area (Å²) in [5, 5.41) is 12.1. The maximum Gasteiger partial charge on any atom is 0.414 e. The molecule has 2 aromatic carbocycles. The van der Waals surface area contributed by atoms with Gasteiger partial charge in [-0.15, -0.1) is 0 Å². The van der Waals surface area contributed by atoms with Gasteiger partial charge < -0.3 is 25.6 Å². The monoisotopic (exact) mass is 798 g/mol. The molecule has 58 heavy (non-hydrogen) atoms. The Morgan fingerprint density at radius 3 is 2.34 bits per heavy atom. The standard InChI is InChI=1S/C43H52F2N8O5/c44-35-24-31(47-37-15-16-38(54)50-41(37)56)11-14-34(35)26-17-20-52(21-18-26)32-12-9-29(10-13-32)48-40(55)27-5-7-30(8-6-27)49-42-46-25-36(45)39(51-42)28-3-1-4-33(23-28)53-19-2-22-58-43(53)57/h1,3-4,11,14,23-27,29-30,32,37,47H,2,5-10,12-13,15-22H2,(H,48,55)(H,46,49,51)(H,50,54,56)/t27-,29-,30-,32-,37?. The van der Waals surface area contributed by atoms with Crippen molar-refractivity contribution in [3.63, 3.8) is 0 Å². The Bertz CT molecular complexity index is 1990. The lowest BCUT2D eigenvalue weighted by Gasteiger charge is -2.41. The number of likely N-dealkylation sites (tertiary alicyclic amines) is 1. The number of cyclic esters (lactones) is 1. The molecule has 0 bridgehead atoms. The number of benzene rings is 2. The van der Waals surface area contributed by atoms with E-state index in [0.717, 1.165) is 89.9 Å². The van der Waals surface area contributed by atoms with Crippen LogP contribution in [0.2, 0.25) is 0 Å². The topological polar surface area (TPSA) is 158 Å². The van der Waals surface area contributed by atoms with Crippen molar-refractivity contribution in [3.8, 4) is 11.3 Å². The van der Waals surface area contributed by atoms with Gasteiger partial charge in [-0.3, -0.25) is 24.6 Å². The van der Waals surface area contributed by atoms with Gasteiger partial charge in [0.05, 0.1) is 12.8 Å². The number of nitrogens with one attached hydrogen (secondary N) is 4. The molecule has 308 valence electrons. The predicted octanol–water partition coefficient (Wildman–Crippen LogP) is 6.26. The van der Waals surface area contributed by atoms with Gasteiger partial charge in [0, 0.05) is 53.9 Å². The summed E-state index contributed by atoms with van der Waals surface area (Å²) in [6, 6.07) is 12.3. The number of piperidine rings is 2. The second-order valence-corrected chi connectivity index (χ2v) is 16.5. The van der Waals surface area contributed by atoms with E-state index in [1.165, 1.54) is 11.0 Å². The molecule has 1 atom stereocenters. The maximum absolute atomic E-state index is 15.3. The van der Waals surface area contributed by atoms with Crippen molar-refractivity contribution in [1.29, 1.82) is 0 Å². The summed E-state index contributed by atoms with van der Waals surface area (Å²) in [5.74, 6) is -0.935. The van der Waals surface area contributed by atoms with Crippen LogP contribution in [-0.4, -0.2) is 89.1 Å². The Hall–Kier alpha value is -5.18. The Kier molecular flexibility index (Phi) is 12.1. The number of hydrogen-bond donors (Lipinski definition) is 4. The molecular formula is C43H52F2N8O5. The third-order valence-corrected chi connectivity index (χ3v) is 12.7. The zero-order valence-electron chi connectivity index (χ0n) is 32.7. The molecule has 1 unspecified atom stereocenters. The van der Waals surface area contributed by atoms with E-state index in [1.54, 1.807) is 24.3 Å². The molecule has 15 heteroatoms. The lowest BCUT2D eigenvalue weighted by atomic mass is 9.83. The van der Waals surface area contributed by atoms with Crippen molar-refractivity contribution in [2.75, 3.05) is 41.8 Å². The van der Waals surface area contributed by atoms with Crippen LogP contribution in [0.5, 0.6) is 0 Å². The molecule has 13 nitrogen and oxygen atoms in total. The van der Waals surface area contributed by atoms with Crippen LogP contribution in [0.25, 0.3) is 11.3 Å². The largest absolute Gasteiger partial charge is 0.449 e. The first-order valence-electron chi connectivity index (χ1n) is 20.9. The quantitative estimate of drug-likeness (QED) is 0.173. The van der Waals surface area contributed by atoms with E-state index < -0.39 is 18.0 Å². The second-order valence-electron chi connectivity index (χ2n) is 16.5. The van der Waals surface area contributed by atoms with Crippen LogP contribution < -0.4 is 26.2 Å². The van der Waals surface area contributed by atoms with Crippen molar-refractivity contribution in [2.24, 2.45) is 5.92 Å². The van der Waals surface area contributed by atoms with Crippen LogP contribution in [0.3, 0.4) is 0 Å². The van der Waals surface area contributed by atoms with Crippen LogP contribution in [0.4, 0.5) is 30.9 Å². The first kappa shape index (κ1) is 39.6. The molecule has 0 radical (unpaired) electrons. The third kappa shape index (κ3) is 9.24. The smallest absolute Gasteiger partial charge is 0.414 e. The Morgan fingerprint density at radius 2 is 1.60 bits per heavy atom. The van der Waals surface area contributed by atoms with Crippen LogP contribution in [0.1, 0.15) is 95.0 Å². The van der Waals surface area contributed by atoms with Crippen molar-refractivity contribution in [2.45, 2.75) is 114 Å². The van der Waals surface area contributed by atoms with Gasteiger partial charge in [-0.1, -0.05) is 18.2 Å². The number of ether oxygens (including phenoxy) is 1. The van der Waals surface area contributed by atoms with E-state index in [9.17, 15) is 23.6 Å². The zero-order valence-corrected chi connectivity index (χ0v) is 32.7. The van der Waals surface area contributed by atoms with Gasteiger partial charge in [0.25, 0.3) is 0 Å². The van der Waals surface area contributed by atoms with Gasteiger partial charge in [-0.05, 0) is 126 Å². The molecule has 5 aliphatic rings. The van der Waals surface area contributed by atoms with E-state index in [2.05, 4.69) is 36.1 Å². The maximum atomic E-state index is 15.3. The molecule has 4 N–H and O–H groups in total. The van der Waals surface area contributed by atoms with Crippen molar-refractivity contribution in [1.82, 2.24) is 25.5 Å². The summed E-state index contributed by atoms with van der Waals surface area (Å²) in [6.07, 6.45) is 10.9. The lowest BCUT2D eigenvalue weighted by Crippen LogP contribution is -2.47. The van der Waals surface area contributed by atoms with Crippen LogP contribution in [0.15, 0.2) is 48.7 Å². The highest BCUT2D eigenvalue weighted by molar-refractivity contribution is 6.01. The molecule has 3 saturated heterocycles. The van der Waals surface area contributed by atoms with Gasteiger partial charge in [0.2, 0.25) is 23.7 Å². The zero-order chi connectivity index (χ0) is 40.2. The SMILES string of the molecule is O=C1CCC(Nc2ccc(C3CCN([C@H]4CC[C@H](NC(=O)[C@H]5CC[C@H](Nc6ncc(F)c(-c7cccc(N8CCCOC8=O)c7)n6)CC5)CC4)CC3)c(F)c2)C(=O)N1. The Balaban J connectivity index is 0.754. The molecule has 8 rings (SSSR count). The van der Waals surface area contributed by atoms with Gasteiger partial charge >= 0.3 is 6.09 Å². The van der Waals surface area contributed by atoms with E-state index in [-0.39, 0.29) is 59.6 Å². The number of amides is 4. The highest BCUT2D eigenvalue weighted by Gasteiger charge is 2.33. The summed E-state index contributed by atoms with van der Waals surface area (Å²) < 4.78 is 35.4. The van der Waals surface area contributed by atoms with E-state index in [1.807, 2.05) is 12.1 Å². The van der Waals surface area contributed by atoms with Gasteiger partial charge in [0.1, 0.15) is 17.6 Å². The van der Waals surface area contributed by atoms with E-state index in [0.29, 0.717) is 54.1 Å². The number of carbonyl (C=O) groups excluding carboxylic acids is 4. The Morgan fingerprint density at radius 1 is 0.828 bits per heavy atom. The number of imide groups is 1. The van der Waals surface area contributed by atoms with E-state index >= 15 is 4.39 Å². The minimum atomic E-state index is -0.554. The summed E-state index contributed by atoms with van der Waals surface area (Å²) in [6.45, 7) is 2.74. The number of halogens is 2. The molecular weight excluding hydrogens is 747 g/mol. The third-order valence-electron chi connectivity index (χ3n) is 12.7. The summed E-state index contributed by atoms with van der Waals surface area (Å²) in [4.78, 5) is 62.0. The number of hydrogen-bond acceptors (Lipinski definition) is 10. The highest BCUT2D eigenvalue weighted by atomic mass is 19.1. The molecule has 5 fully saturated rings. The fourth-order valence-electron chi connectivity index (χ4n) is 9.39. The fourth-order valence-corrected chi connectivity index (χ4v) is 9.39. The average Bonchev–Trinajstić information content (AvgIpc) is 3.23. The van der Waals surface area contributed by atoms with Crippen molar-refractivity contribution in [3.05, 3.63) is 65.9 Å². The Labute approximate surface area is 337 Å².